The van der Waals surface area contributed by atoms with Crippen LogP contribution in [-0.2, 0) is 0 Å². The van der Waals surface area contributed by atoms with E-state index in [1.165, 1.54) is 22.0 Å². The molecule has 1 N–H and O–H groups in total. The van der Waals surface area contributed by atoms with Crippen molar-refractivity contribution in [2.24, 2.45) is 0 Å². The van der Waals surface area contributed by atoms with Crippen molar-refractivity contribution in [1.29, 1.82) is 0 Å². The molecule has 1 aliphatic carbocycles. The minimum atomic E-state index is 0.529. The Kier molecular flexibility index (Phi) is 4.58. The Morgan fingerprint density at radius 1 is 1.10 bits per heavy atom. The lowest BCUT2D eigenvalue weighted by Crippen LogP contribution is -2.34. The van der Waals surface area contributed by atoms with Gasteiger partial charge in [0, 0.05) is 14.1 Å². The minimum absolute atomic E-state index is 0.529. The molecular formula is C16H14BrClIN. The molecule has 20 heavy (non-hydrogen) atoms. The van der Waals surface area contributed by atoms with Crippen LogP contribution in [0.25, 0.3) is 0 Å². The van der Waals surface area contributed by atoms with Crippen molar-refractivity contribution in [1.82, 2.24) is 0 Å². The third-order valence-corrected chi connectivity index (χ3v) is 5.28. The van der Waals surface area contributed by atoms with Crippen LogP contribution in [0.1, 0.15) is 24.3 Å². The molecule has 0 aromatic heterocycles. The normalized spacial score (nSPS) is 21.4. The smallest absolute Gasteiger partial charge is 0.0648 e. The molecule has 0 atom stereocenters. The van der Waals surface area contributed by atoms with Crippen molar-refractivity contribution in [3.8, 4) is 0 Å². The van der Waals surface area contributed by atoms with Gasteiger partial charge in [0.05, 0.1) is 10.7 Å². The second-order valence-electron chi connectivity index (χ2n) is 5.19. The van der Waals surface area contributed by atoms with Crippen LogP contribution in [0.4, 0.5) is 5.69 Å². The Morgan fingerprint density at radius 3 is 2.45 bits per heavy atom. The van der Waals surface area contributed by atoms with E-state index in [2.05, 4.69) is 80.2 Å². The summed E-state index contributed by atoms with van der Waals surface area (Å²) in [4.78, 5) is 0. The zero-order valence-electron chi connectivity index (χ0n) is 10.7. The molecule has 104 valence electrons. The third kappa shape index (κ3) is 3.31. The van der Waals surface area contributed by atoms with Crippen molar-refractivity contribution in [3.63, 3.8) is 0 Å². The molecule has 0 amide bonds. The molecule has 3 rings (SSSR count). The van der Waals surface area contributed by atoms with E-state index in [4.69, 9.17) is 11.6 Å². The Bertz CT molecular complexity index is 608. The minimum Gasteiger partial charge on any atom is -0.381 e. The Labute approximate surface area is 146 Å². The summed E-state index contributed by atoms with van der Waals surface area (Å²) in [5.74, 6) is 0.670. The number of nitrogens with one attached hydrogen (secondary N) is 1. The highest BCUT2D eigenvalue weighted by molar-refractivity contribution is 14.1. The number of halogens is 3. The molecule has 0 aliphatic heterocycles. The summed E-state index contributed by atoms with van der Waals surface area (Å²) >= 11 is 12.0. The van der Waals surface area contributed by atoms with Gasteiger partial charge in [-0.15, -0.1) is 0 Å². The largest absolute Gasteiger partial charge is 0.381 e. The summed E-state index contributed by atoms with van der Waals surface area (Å²) in [6.07, 6.45) is 2.34. The van der Waals surface area contributed by atoms with Crippen LogP contribution in [0.5, 0.6) is 0 Å². The standard InChI is InChI=1S/C16H14BrClIN/c17-12-3-1-10(2-4-12)11-7-14(8-11)20-16-6-5-13(19)9-15(16)18/h1-6,9,11,14,20H,7-8H2. The van der Waals surface area contributed by atoms with Crippen LogP contribution >= 0.6 is 50.1 Å². The van der Waals surface area contributed by atoms with E-state index in [0.29, 0.717) is 12.0 Å². The first-order valence-corrected chi connectivity index (χ1v) is 8.84. The lowest BCUT2D eigenvalue weighted by molar-refractivity contribution is 0.374. The Hall–Kier alpha value is -0.260. The molecule has 0 heterocycles. The fourth-order valence-corrected chi connectivity index (χ4v) is 3.74. The molecule has 1 nitrogen and oxygen atoms in total. The topological polar surface area (TPSA) is 12.0 Å². The zero-order valence-corrected chi connectivity index (χ0v) is 15.2. The van der Waals surface area contributed by atoms with E-state index >= 15 is 0 Å². The molecule has 0 bridgehead atoms. The Balaban J connectivity index is 1.59. The first kappa shape index (κ1) is 14.7. The first-order valence-electron chi connectivity index (χ1n) is 6.59. The summed E-state index contributed by atoms with van der Waals surface area (Å²) in [6.45, 7) is 0. The van der Waals surface area contributed by atoms with E-state index in [1.807, 2.05) is 6.07 Å². The predicted molar refractivity (Wildman–Crippen MR) is 97.7 cm³/mol. The van der Waals surface area contributed by atoms with E-state index in [0.717, 1.165) is 15.2 Å². The van der Waals surface area contributed by atoms with Crippen LogP contribution in [0, 0.1) is 3.57 Å². The predicted octanol–water partition coefficient (Wildman–Crippen LogP) is 6.07. The van der Waals surface area contributed by atoms with Crippen LogP contribution in [0.15, 0.2) is 46.9 Å². The van der Waals surface area contributed by atoms with Gasteiger partial charge in [-0.1, -0.05) is 39.7 Å². The SMILES string of the molecule is Clc1cc(I)ccc1NC1CC(c2ccc(Br)cc2)C1. The van der Waals surface area contributed by atoms with Crippen molar-refractivity contribution >= 4 is 55.8 Å². The number of anilines is 1. The molecule has 1 saturated carbocycles. The summed E-state index contributed by atoms with van der Waals surface area (Å²) in [6, 6.07) is 15.3. The van der Waals surface area contributed by atoms with Crippen molar-refractivity contribution in [2.45, 2.75) is 24.8 Å². The van der Waals surface area contributed by atoms with Gasteiger partial charge in [-0.05, 0) is 77.2 Å². The van der Waals surface area contributed by atoms with Gasteiger partial charge in [0.15, 0.2) is 0 Å². The van der Waals surface area contributed by atoms with Crippen LogP contribution in [0.3, 0.4) is 0 Å². The van der Waals surface area contributed by atoms with E-state index in [9.17, 15) is 0 Å². The third-order valence-electron chi connectivity index (χ3n) is 3.77. The van der Waals surface area contributed by atoms with Crippen molar-refractivity contribution in [2.75, 3.05) is 5.32 Å². The molecule has 2 aromatic rings. The molecule has 0 spiro atoms. The van der Waals surface area contributed by atoms with Crippen molar-refractivity contribution < 1.29 is 0 Å². The van der Waals surface area contributed by atoms with E-state index in [1.54, 1.807) is 0 Å². The second-order valence-corrected chi connectivity index (χ2v) is 7.75. The quantitative estimate of drug-likeness (QED) is 0.547. The maximum Gasteiger partial charge on any atom is 0.0648 e. The molecule has 2 aromatic carbocycles. The fraction of sp³-hybridized carbons (Fsp3) is 0.250. The van der Waals surface area contributed by atoms with Gasteiger partial charge in [0.1, 0.15) is 0 Å². The average molecular weight is 463 g/mol. The van der Waals surface area contributed by atoms with Gasteiger partial charge in [-0.25, -0.2) is 0 Å². The van der Waals surface area contributed by atoms with Gasteiger partial charge < -0.3 is 5.32 Å². The summed E-state index contributed by atoms with van der Waals surface area (Å²) in [5, 5.41) is 4.35. The summed E-state index contributed by atoms with van der Waals surface area (Å²) in [5.41, 5.74) is 2.48. The van der Waals surface area contributed by atoms with Gasteiger partial charge >= 0.3 is 0 Å². The molecule has 0 saturated heterocycles. The molecule has 4 heteroatoms. The number of benzene rings is 2. The van der Waals surface area contributed by atoms with Gasteiger partial charge in [-0.2, -0.15) is 0 Å². The number of rotatable bonds is 3. The summed E-state index contributed by atoms with van der Waals surface area (Å²) in [7, 11) is 0. The average Bonchev–Trinajstić information content (AvgIpc) is 2.37. The molecular weight excluding hydrogens is 448 g/mol. The fourth-order valence-electron chi connectivity index (χ4n) is 2.57. The van der Waals surface area contributed by atoms with Crippen molar-refractivity contribution in [3.05, 3.63) is 61.1 Å². The molecule has 1 fully saturated rings. The van der Waals surface area contributed by atoms with Gasteiger partial charge in [0.25, 0.3) is 0 Å². The van der Waals surface area contributed by atoms with Gasteiger partial charge in [0.2, 0.25) is 0 Å². The zero-order chi connectivity index (χ0) is 14.1. The second kappa shape index (κ2) is 6.24. The highest BCUT2D eigenvalue weighted by Crippen LogP contribution is 2.39. The van der Waals surface area contributed by atoms with E-state index in [-0.39, 0.29) is 0 Å². The maximum absolute atomic E-state index is 6.25. The summed E-state index contributed by atoms with van der Waals surface area (Å²) < 4.78 is 2.31. The highest BCUT2D eigenvalue weighted by atomic mass is 127. The lowest BCUT2D eigenvalue weighted by Gasteiger charge is -2.37. The monoisotopic (exact) mass is 461 g/mol. The molecule has 1 aliphatic rings. The van der Waals surface area contributed by atoms with Crippen LogP contribution < -0.4 is 5.32 Å². The van der Waals surface area contributed by atoms with Crippen LogP contribution in [0.2, 0.25) is 5.02 Å². The molecule has 0 radical (unpaired) electrons. The first-order chi connectivity index (χ1) is 9.61. The molecule has 0 unspecified atom stereocenters. The lowest BCUT2D eigenvalue weighted by atomic mass is 9.76. The number of hydrogen-bond donors (Lipinski definition) is 1. The number of hydrogen-bond acceptors (Lipinski definition) is 1. The highest BCUT2D eigenvalue weighted by Gasteiger charge is 2.30. The maximum atomic E-state index is 6.25. The van der Waals surface area contributed by atoms with E-state index < -0.39 is 0 Å². The van der Waals surface area contributed by atoms with Gasteiger partial charge in [-0.3, -0.25) is 0 Å². The van der Waals surface area contributed by atoms with Crippen LogP contribution in [-0.4, -0.2) is 6.04 Å². The Morgan fingerprint density at radius 2 is 1.80 bits per heavy atom.